The molecule has 0 saturated carbocycles. The van der Waals surface area contributed by atoms with Crippen molar-refractivity contribution in [3.8, 4) is 0 Å². The Hall–Kier alpha value is -0.770. The second-order valence-corrected chi connectivity index (χ2v) is 3.84. The summed E-state index contributed by atoms with van der Waals surface area (Å²) < 4.78 is 2.47. The Kier molecular flexibility index (Phi) is 3.54. The third-order valence-corrected chi connectivity index (χ3v) is 2.40. The number of nitrogen functional groups attached to an aromatic ring is 1. The van der Waals surface area contributed by atoms with Crippen LogP contribution in [-0.4, -0.2) is 4.57 Å². The average Bonchev–Trinajstić information content (AvgIpc) is 2.10. The molecule has 0 bridgehead atoms. The van der Waals surface area contributed by atoms with Gasteiger partial charge in [-0.2, -0.15) is 0 Å². The molecular weight excluding hydrogens is 232 g/mol. The smallest absolute Gasteiger partial charge is 0.218 e. The highest BCUT2D eigenvalue weighted by Crippen LogP contribution is 2.07. The molecule has 0 aliphatic heterocycles. The van der Waals surface area contributed by atoms with E-state index in [0.717, 1.165) is 19.4 Å². The molecule has 0 atom stereocenters. The summed E-state index contributed by atoms with van der Waals surface area (Å²) in [5.41, 5.74) is 5.69. The highest BCUT2D eigenvalue weighted by molar-refractivity contribution is 9.10. The zero-order chi connectivity index (χ0) is 9.84. The van der Waals surface area contributed by atoms with Crippen LogP contribution in [-0.2, 0) is 6.54 Å². The molecule has 0 aliphatic rings. The molecule has 0 aliphatic carbocycles. The standard InChI is InChI=1S/C9H13BrN2O/c1-2-3-4-12-5-7(10)9(13)8(11)6-12/h5-6H,2-4,11H2,1H3. The number of aromatic nitrogens is 1. The van der Waals surface area contributed by atoms with Crippen molar-refractivity contribution in [1.29, 1.82) is 0 Å². The minimum absolute atomic E-state index is 0.132. The molecule has 1 heterocycles. The highest BCUT2D eigenvalue weighted by Gasteiger charge is 2.01. The molecule has 4 heteroatoms. The van der Waals surface area contributed by atoms with Gasteiger partial charge in [0.15, 0.2) is 0 Å². The molecule has 1 rings (SSSR count). The van der Waals surface area contributed by atoms with Gasteiger partial charge in [0.2, 0.25) is 5.43 Å². The van der Waals surface area contributed by atoms with Crippen LogP contribution < -0.4 is 11.2 Å². The SMILES string of the molecule is CCCCn1cc(N)c(=O)c(Br)c1. The van der Waals surface area contributed by atoms with Crippen LogP contribution in [0.1, 0.15) is 19.8 Å². The lowest BCUT2D eigenvalue weighted by Crippen LogP contribution is -2.13. The summed E-state index contributed by atoms with van der Waals surface area (Å²) in [6.45, 7) is 3.03. The second-order valence-electron chi connectivity index (χ2n) is 2.98. The van der Waals surface area contributed by atoms with Crippen molar-refractivity contribution in [2.75, 3.05) is 5.73 Å². The first-order chi connectivity index (χ1) is 6.15. The minimum Gasteiger partial charge on any atom is -0.394 e. The number of aryl methyl sites for hydroxylation is 1. The molecule has 0 fully saturated rings. The molecular formula is C9H13BrN2O. The van der Waals surface area contributed by atoms with Crippen LogP contribution in [0.2, 0.25) is 0 Å². The average molecular weight is 245 g/mol. The molecule has 3 nitrogen and oxygen atoms in total. The minimum atomic E-state index is -0.132. The maximum absolute atomic E-state index is 11.2. The predicted molar refractivity (Wildman–Crippen MR) is 57.7 cm³/mol. The predicted octanol–water partition coefficient (Wildman–Crippen LogP) is 1.99. The lowest BCUT2D eigenvalue weighted by Gasteiger charge is -2.06. The fourth-order valence-corrected chi connectivity index (χ4v) is 1.58. The zero-order valence-corrected chi connectivity index (χ0v) is 9.17. The number of unbranched alkanes of at least 4 members (excludes halogenated alkanes) is 1. The summed E-state index contributed by atoms with van der Waals surface area (Å²) in [7, 11) is 0. The lowest BCUT2D eigenvalue weighted by molar-refractivity contribution is 0.627. The van der Waals surface area contributed by atoms with Crippen molar-refractivity contribution < 1.29 is 0 Å². The van der Waals surface area contributed by atoms with E-state index in [1.54, 1.807) is 12.4 Å². The van der Waals surface area contributed by atoms with E-state index < -0.39 is 0 Å². The normalized spacial score (nSPS) is 10.3. The highest BCUT2D eigenvalue weighted by atomic mass is 79.9. The van der Waals surface area contributed by atoms with Crippen molar-refractivity contribution in [2.24, 2.45) is 0 Å². The van der Waals surface area contributed by atoms with Gasteiger partial charge in [-0.15, -0.1) is 0 Å². The van der Waals surface area contributed by atoms with Gasteiger partial charge in [0.1, 0.15) is 0 Å². The van der Waals surface area contributed by atoms with Crippen LogP contribution in [0.3, 0.4) is 0 Å². The van der Waals surface area contributed by atoms with E-state index in [1.807, 2.05) is 4.57 Å². The Bertz CT molecular complexity index is 320. The van der Waals surface area contributed by atoms with E-state index in [-0.39, 0.29) is 5.43 Å². The van der Waals surface area contributed by atoms with Crippen molar-refractivity contribution in [3.63, 3.8) is 0 Å². The zero-order valence-electron chi connectivity index (χ0n) is 7.59. The number of halogens is 1. The van der Waals surface area contributed by atoms with Gasteiger partial charge in [0.05, 0.1) is 10.2 Å². The quantitative estimate of drug-likeness (QED) is 0.885. The van der Waals surface area contributed by atoms with Gasteiger partial charge >= 0.3 is 0 Å². The molecule has 1 aromatic heterocycles. The molecule has 72 valence electrons. The summed E-state index contributed by atoms with van der Waals surface area (Å²) in [6, 6.07) is 0. The Morgan fingerprint density at radius 2 is 2.23 bits per heavy atom. The van der Waals surface area contributed by atoms with E-state index in [1.165, 1.54) is 0 Å². The van der Waals surface area contributed by atoms with E-state index in [4.69, 9.17) is 5.73 Å². The summed E-state index contributed by atoms with van der Waals surface area (Å²) in [5.74, 6) is 0. The number of anilines is 1. The fraction of sp³-hybridized carbons (Fsp3) is 0.444. The van der Waals surface area contributed by atoms with Crippen LogP contribution >= 0.6 is 15.9 Å². The topological polar surface area (TPSA) is 48.0 Å². The molecule has 0 aromatic carbocycles. The van der Waals surface area contributed by atoms with Crippen LogP contribution in [0.5, 0.6) is 0 Å². The molecule has 0 amide bonds. The van der Waals surface area contributed by atoms with E-state index in [2.05, 4.69) is 22.9 Å². The Balaban J connectivity index is 2.93. The molecule has 2 N–H and O–H groups in total. The number of nitrogens with zero attached hydrogens (tertiary/aromatic N) is 1. The Labute approximate surface area is 85.7 Å². The van der Waals surface area contributed by atoms with Crippen LogP contribution in [0.25, 0.3) is 0 Å². The first kappa shape index (κ1) is 10.3. The van der Waals surface area contributed by atoms with Crippen LogP contribution in [0.4, 0.5) is 5.69 Å². The maximum Gasteiger partial charge on any atom is 0.218 e. The van der Waals surface area contributed by atoms with Gasteiger partial charge in [-0.3, -0.25) is 4.79 Å². The Morgan fingerprint density at radius 1 is 1.54 bits per heavy atom. The van der Waals surface area contributed by atoms with E-state index >= 15 is 0 Å². The Morgan fingerprint density at radius 3 is 2.77 bits per heavy atom. The fourth-order valence-electron chi connectivity index (χ4n) is 1.09. The van der Waals surface area contributed by atoms with E-state index in [9.17, 15) is 4.79 Å². The molecule has 13 heavy (non-hydrogen) atoms. The summed E-state index contributed by atoms with van der Waals surface area (Å²) in [4.78, 5) is 11.2. The van der Waals surface area contributed by atoms with Gasteiger partial charge < -0.3 is 10.3 Å². The molecule has 1 aromatic rings. The van der Waals surface area contributed by atoms with Gasteiger partial charge in [-0.05, 0) is 22.4 Å². The van der Waals surface area contributed by atoms with Gasteiger partial charge in [-0.25, -0.2) is 0 Å². The van der Waals surface area contributed by atoms with Crippen LogP contribution in [0, 0.1) is 0 Å². The number of pyridine rings is 1. The largest absolute Gasteiger partial charge is 0.394 e. The first-order valence-corrected chi connectivity index (χ1v) is 5.09. The third kappa shape index (κ3) is 2.59. The lowest BCUT2D eigenvalue weighted by atomic mass is 10.3. The third-order valence-electron chi connectivity index (χ3n) is 1.83. The van der Waals surface area contributed by atoms with Crippen LogP contribution in [0.15, 0.2) is 21.7 Å². The second kappa shape index (κ2) is 4.46. The van der Waals surface area contributed by atoms with Crippen molar-refractivity contribution >= 4 is 21.6 Å². The van der Waals surface area contributed by atoms with Gasteiger partial charge in [-0.1, -0.05) is 13.3 Å². The molecule has 0 saturated heterocycles. The molecule has 0 unspecified atom stereocenters. The summed E-state index contributed by atoms with van der Waals surface area (Å²) in [5, 5.41) is 0. The van der Waals surface area contributed by atoms with Gasteiger partial charge in [0.25, 0.3) is 0 Å². The monoisotopic (exact) mass is 244 g/mol. The van der Waals surface area contributed by atoms with E-state index in [0.29, 0.717) is 10.2 Å². The summed E-state index contributed by atoms with van der Waals surface area (Å²) in [6.07, 6.45) is 5.68. The number of nitrogens with two attached hydrogens (primary N) is 1. The first-order valence-electron chi connectivity index (χ1n) is 4.30. The van der Waals surface area contributed by atoms with Crippen molar-refractivity contribution in [3.05, 3.63) is 27.1 Å². The van der Waals surface area contributed by atoms with Crippen molar-refractivity contribution in [1.82, 2.24) is 4.57 Å². The number of rotatable bonds is 3. The molecule has 0 radical (unpaired) electrons. The number of hydrogen-bond acceptors (Lipinski definition) is 2. The summed E-state index contributed by atoms with van der Waals surface area (Å²) >= 11 is 3.18. The van der Waals surface area contributed by atoms with Gasteiger partial charge in [0, 0.05) is 18.9 Å². The molecule has 0 spiro atoms. The van der Waals surface area contributed by atoms with Crippen molar-refractivity contribution in [2.45, 2.75) is 26.3 Å². The number of hydrogen-bond donors (Lipinski definition) is 1. The maximum atomic E-state index is 11.2.